The minimum Gasteiger partial charge on any atom is -0.360 e. The first-order valence-corrected chi connectivity index (χ1v) is 8.69. The van der Waals surface area contributed by atoms with Crippen LogP contribution in [0.15, 0.2) is 67.1 Å². The SMILES string of the molecule is Cc1cccc[nH]c(-c2ccc(Nc3ccccn3)c3c2CNC3=O)cn1. The van der Waals surface area contributed by atoms with Crippen LogP contribution in [-0.4, -0.2) is 20.9 Å². The van der Waals surface area contributed by atoms with E-state index in [0.29, 0.717) is 17.9 Å². The van der Waals surface area contributed by atoms with Crippen LogP contribution in [0.2, 0.25) is 0 Å². The van der Waals surface area contributed by atoms with Crippen molar-refractivity contribution in [3.63, 3.8) is 0 Å². The van der Waals surface area contributed by atoms with Gasteiger partial charge in [0.15, 0.2) is 0 Å². The van der Waals surface area contributed by atoms with Gasteiger partial charge in [-0.3, -0.25) is 9.78 Å². The maximum absolute atomic E-state index is 12.5. The van der Waals surface area contributed by atoms with Crippen LogP contribution in [0.1, 0.15) is 21.6 Å². The minimum absolute atomic E-state index is 0.0918. The summed E-state index contributed by atoms with van der Waals surface area (Å²) >= 11 is 0. The number of aryl methyl sites for hydroxylation is 1. The van der Waals surface area contributed by atoms with Gasteiger partial charge in [0.2, 0.25) is 0 Å². The van der Waals surface area contributed by atoms with Gasteiger partial charge in [0.1, 0.15) is 5.82 Å². The first-order valence-electron chi connectivity index (χ1n) is 8.69. The van der Waals surface area contributed by atoms with Crippen LogP contribution >= 0.6 is 0 Å². The number of hydrogen-bond donors (Lipinski definition) is 3. The van der Waals surface area contributed by atoms with E-state index < -0.39 is 0 Å². The molecule has 0 radical (unpaired) electrons. The zero-order valence-electron chi connectivity index (χ0n) is 14.9. The Bertz CT molecular complexity index is 1040. The van der Waals surface area contributed by atoms with E-state index in [0.717, 1.165) is 28.2 Å². The van der Waals surface area contributed by atoms with E-state index in [2.05, 4.69) is 25.6 Å². The molecule has 0 atom stereocenters. The lowest BCUT2D eigenvalue weighted by Crippen LogP contribution is -2.13. The molecule has 2 aromatic heterocycles. The van der Waals surface area contributed by atoms with Crippen LogP contribution in [-0.2, 0) is 6.54 Å². The third-order valence-electron chi connectivity index (χ3n) is 4.36. The summed E-state index contributed by atoms with van der Waals surface area (Å²) < 4.78 is 0. The number of H-pyrrole nitrogens is 1. The molecule has 0 aliphatic carbocycles. The number of fused-ring (bicyclic) bond motifs is 1. The highest BCUT2D eigenvalue weighted by atomic mass is 16.1. The van der Waals surface area contributed by atoms with Gasteiger partial charge < -0.3 is 15.6 Å². The molecule has 27 heavy (non-hydrogen) atoms. The Morgan fingerprint density at radius 3 is 2.78 bits per heavy atom. The van der Waals surface area contributed by atoms with E-state index in [-0.39, 0.29) is 5.91 Å². The monoisotopic (exact) mass is 357 g/mol. The van der Waals surface area contributed by atoms with Crippen molar-refractivity contribution in [3.8, 4) is 11.3 Å². The third kappa shape index (κ3) is 3.50. The molecule has 3 heterocycles. The molecule has 1 amide bonds. The molecule has 0 saturated heterocycles. The summed E-state index contributed by atoms with van der Waals surface area (Å²) in [5.74, 6) is 0.604. The van der Waals surface area contributed by atoms with Gasteiger partial charge in [-0.05, 0) is 42.8 Å². The molecule has 3 aromatic rings. The third-order valence-corrected chi connectivity index (χ3v) is 4.36. The molecule has 0 saturated carbocycles. The topological polar surface area (TPSA) is 82.7 Å². The van der Waals surface area contributed by atoms with Crippen LogP contribution < -0.4 is 10.6 Å². The number of nitrogens with zero attached hydrogens (tertiary/aromatic N) is 2. The van der Waals surface area contributed by atoms with Crippen molar-refractivity contribution in [3.05, 3.63) is 83.9 Å². The Hall–Kier alpha value is -3.67. The van der Waals surface area contributed by atoms with E-state index in [1.165, 1.54) is 0 Å². The number of aromatic nitrogens is 3. The first-order chi connectivity index (χ1) is 13.2. The molecule has 0 fully saturated rings. The predicted octanol–water partition coefficient (Wildman–Crippen LogP) is 3.89. The number of nitrogens with one attached hydrogen (secondary N) is 3. The van der Waals surface area contributed by atoms with Crippen LogP contribution in [0, 0.1) is 6.92 Å². The number of anilines is 2. The van der Waals surface area contributed by atoms with Crippen molar-refractivity contribution < 1.29 is 4.79 Å². The minimum atomic E-state index is -0.0918. The van der Waals surface area contributed by atoms with Crippen LogP contribution in [0.4, 0.5) is 11.5 Å². The summed E-state index contributed by atoms with van der Waals surface area (Å²) in [4.78, 5) is 24.5. The molecular weight excluding hydrogens is 338 g/mol. The second kappa shape index (κ2) is 7.29. The second-order valence-corrected chi connectivity index (χ2v) is 6.21. The smallest absolute Gasteiger partial charge is 0.254 e. The van der Waals surface area contributed by atoms with Gasteiger partial charge in [0, 0.05) is 30.2 Å². The zero-order chi connectivity index (χ0) is 18.6. The molecule has 0 unspecified atom stereocenters. The summed E-state index contributed by atoms with van der Waals surface area (Å²) in [6, 6.07) is 15.3. The molecule has 0 spiro atoms. The lowest BCUT2D eigenvalue weighted by atomic mass is 9.99. The average Bonchev–Trinajstić information content (AvgIpc) is 3.11. The van der Waals surface area contributed by atoms with Gasteiger partial charge in [-0.15, -0.1) is 0 Å². The number of pyridine rings is 1. The maximum Gasteiger partial charge on any atom is 0.254 e. The molecule has 1 aromatic carbocycles. The maximum atomic E-state index is 12.5. The average molecular weight is 357 g/mol. The highest BCUT2D eigenvalue weighted by Gasteiger charge is 2.26. The normalized spacial score (nSPS) is 12.1. The number of rotatable bonds is 3. The summed E-state index contributed by atoms with van der Waals surface area (Å²) in [5, 5.41) is 6.16. The highest BCUT2D eigenvalue weighted by Crippen LogP contribution is 2.33. The number of aromatic amines is 1. The van der Waals surface area contributed by atoms with Gasteiger partial charge in [-0.25, -0.2) is 4.98 Å². The Morgan fingerprint density at radius 1 is 1.04 bits per heavy atom. The number of carbonyl (C=O) groups is 1. The van der Waals surface area contributed by atoms with Crippen molar-refractivity contribution in [1.82, 2.24) is 20.3 Å². The summed E-state index contributed by atoms with van der Waals surface area (Å²) in [6.45, 7) is 2.42. The molecule has 1 aliphatic heterocycles. The quantitative estimate of drug-likeness (QED) is 0.664. The molecule has 1 aliphatic rings. The van der Waals surface area contributed by atoms with Crippen molar-refractivity contribution in [1.29, 1.82) is 0 Å². The van der Waals surface area contributed by atoms with E-state index in [4.69, 9.17) is 0 Å². The molecule has 6 heteroatoms. The fraction of sp³-hybridized carbons (Fsp3) is 0.0952. The van der Waals surface area contributed by atoms with E-state index in [9.17, 15) is 4.79 Å². The molecule has 6 nitrogen and oxygen atoms in total. The van der Waals surface area contributed by atoms with E-state index in [1.807, 2.05) is 61.7 Å². The second-order valence-electron chi connectivity index (χ2n) is 6.21. The van der Waals surface area contributed by atoms with E-state index >= 15 is 0 Å². The fourth-order valence-electron chi connectivity index (χ4n) is 3.06. The number of benzene rings is 1. The van der Waals surface area contributed by atoms with E-state index in [1.54, 1.807) is 12.4 Å². The van der Waals surface area contributed by atoms with Gasteiger partial charge in [-0.2, -0.15) is 0 Å². The molecule has 0 bridgehead atoms. The fourth-order valence-corrected chi connectivity index (χ4v) is 3.06. The number of carbonyl (C=O) groups excluding carboxylic acids is 1. The molecular formula is C21H19N5O. The lowest BCUT2D eigenvalue weighted by molar-refractivity contribution is 0.0966. The van der Waals surface area contributed by atoms with Crippen molar-refractivity contribution in [2.75, 3.05) is 5.32 Å². The Morgan fingerprint density at radius 2 is 1.93 bits per heavy atom. The van der Waals surface area contributed by atoms with Crippen molar-refractivity contribution >= 4 is 17.4 Å². The number of amides is 1. The largest absolute Gasteiger partial charge is 0.360 e. The molecule has 134 valence electrons. The van der Waals surface area contributed by atoms with Crippen LogP contribution in [0.25, 0.3) is 11.3 Å². The van der Waals surface area contributed by atoms with Gasteiger partial charge in [0.25, 0.3) is 5.91 Å². The zero-order valence-corrected chi connectivity index (χ0v) is 14.9. The predicted molar refractivity (Wildman–Crippen MR) is 105 cm³/mol. The Kier molecular flexibility index (Phi) is 4.53. The van der Waals surface area contributed by atoms with Gasteiger partial charge in [0.05, 0.1) is 23.1 Å². The first kappa shape index (κ1) is 16.8. The van der Waals surface area contributed by atoms with Crippen LogP contribution in [0.3, 0.4) is 0 Å². The lowest BCUT2D eigenvalue weighted by Gasteiger charge is -2.12. The summed E-state index contributed by atoms with van der Waals surface area (Å²) in [5.41, 5.74) is 5.00. The summed E-state index contributed by atoms with van der Waals surface area (Å²) in [7, 11) is 0. The Labute approximate surface area is 157 Å². The molecule has 3 N–H and O–H groups in total. The highest BCUT2D eigenvalue weighted by molar-refractivity contribution is 6.05. The van der Waals surface area contributed by atoms with Crippen molar-refractivity contribution in [2.24, 2.45) is 0 Å². The number of hydrogen-bond acceptors (Lipinski definition) is 4. The van der Waals surface area contributed by atoms with Crippen LogP contribution in [0.5, 0.6) is 0 Å². The van der Waals surface area contributed by atoms with Gasteiger partial charge in [-0.1, -0.05) is 18.2 Å². The van der Waals surface area contributed by atoms with Crippen molar-refractivity contribution in [2.45, 2.75) is 13.5 Å². The summed E-state index contributed by atoms with van der Waals surface area (Å²) in [6.07, 6.45) is 5.36. The Balaban J connectivity index is 1.83. The standard InChI is InChI=1S/C21H19N5O/c1-14-6-2-4-10-22-18(13-24-14)15-8-9-17(20-16(15)12-25-21(20)27)26-19-7-3-5-11-23-19/h2-11,13,22H,12H2,1H3,(H,23,26)(H,25,27). The molecule has 4 rings (SSSR count). The van der Waals surface area contributed by atoms with Gasteiger partial charge >= 0.3 is 0 Å².